The van der Waals surface area contributed by atoms with Crippen LogP contribution in [-0.4, -0.2) is 27.1 Å². The first-order valence-corrected chi connectivity index (χ1v) is 7.77. The Labute approximate surface area is 141 Å². The van der Waals surface area contributed by atoms with Crippen molar-refractivity contribution < 1.29 is 22.8 Å². The first-order chi connectivity index (χ1) is 11.2. The molecule has 1 atom stereocenters. The summed E-state index contributed by atoms with van der Waals surface area (Å²) in [5.41, 5.74) is -0.659. The summed E-state index contributed by atoms with van der Waals surface area (Å²) in [6.45, 7) is -1.46. The first-order valence-electron chi connectivity index (χ1n) is 6.98. The van der Waals surface area contributed by atoms with Crippen molar-refractivity contribution in [3.8, 4) is 0 Å². The number of carbonyl (C=O) groups excluding carboxylic acids is 2. The minimum absolute atomic E-state index is 0.0192. The van der Waals surface area contributed by atoms with Crippen molar-refractivity contribution in [1.82, 2.24) is 14.5 Å². The molecule has 3 rings (SSSR count). The van der Waals surface area contributed by atoms with E-state index in [1.807, 2.05) is 0 Å². The van der Waals surface area contributed by atoms with Crippen molar-refractivity contribution in [1.29, 1.82) is 0 Å². The van der Waals surface area contributed by atoms with Gasteiger partial charge in [0, 0.05) is 10.9 Å². The van der Waals surface area contributed by atoms with E-state index in [2.05, 4.69) is 21.2 Å². The average Bonchev–Trinajstić information content (AvgIpc) is 2.71. The first kappa shape index (κ1) is 16.7. The van der Waals surface area contributed by atoms with Gasteiger partial charge in [-0.2, -0.15) is 13.2 Å². The Bertz CT molecular complexity index is 900. The van der Waals surface area contributed by atoms with E-state index >= 15 is 0 Å². The molecule has 0 aliphatic carbocycles. The summed E-state index contributed by atoms with van der Waals surface area (Å²) < 4.78 is 40.6. The standard InChI is InChI=1S/C14H11BrF3N3O3/c15-7-1-2-8-10(5-7)20(6-14(16,17)18)13(24)21(8)9-3-4-11(22)19-12(9)23/h1-2,5,9H,3-4,6H2,(H,19,22,23). The fourth-order valence-electron chi connectivity index (χ4n) is 2.81. The number of imidazole rings is 1. The van der Waals surface area contributed by atoms with Gasteiger partial charge in [0.1, 0.15) is 12.6 Å². The second kappa shape index (κ2) is 5.76. The molecule has 24 heavy (non-hydrogen) atoms. The minimum Gasteiger partial charge on any atom is -0.295 e. The molecule has 1 aliphatic rings. The van der Waals surface area contributed by atoms with Crippen LogP contribution in [0.5, 0.6) is 0 Å². The highest BCUT2D eigenvalue weighted by molar-refractivity contribution is 9.10. The fraction of sp³-hybridized carbons (Fsp3) is 0.357. The number of hydrogen-bond acceptors (Lipinski definition) is 3. The summed E-state index contributed by atoms with van der Waals surface area (Å²) in [6.07, 6.45) is -4.51. The van der Waals surface area contributed by atoms with Crippen LogP contribution in [-0.2, 0) is 16.1 Å². The normalized spacial score (nSPS) is 18.9. The lowest BCUT2D eigenvalue weighted by Crippen LogP contribution is -2.44. The van der Waals surface area contributed by atoms with Gasteiger partial charge >= 0.3 is 11.9 Å². The number of piperidine rings is 1. The van der Waals surface area contributed by atoms with Crippen LogP contribution in [0.3, 0.4) is 0 Å². The summed E-state index contributed by atoms with van der Waals surface area (Å²) in [7, 11) is 0. The van der Waals surface area contributed by atoms with E-state index in [1.54, 1.807) is 6.07 Å². The molecule has 1 aromatic heterocycles. The number of hydrogen-bond donors (Lipinski definition) is 1. The van der Waals surface area contributed by atoms with E-state index in [9.17, 15) is 27.6 Å². The third kappa shape index (κ3) is 2.97. The number of aromatic nitrogens is 2. The molecule has 1 N–H and O–H groups in total. The van der Waals surface area contributed by atoms with E-state index in [1.165, 1.54) is 12.1 Å². The zero-order valence-corrected chi connectivity index (χ0v) is 13.6. The monoisotopic (exact) mass is 405 g/mol. The number of fused-ring (bicyclic) bond motifs is 1. The van der Waals surface area contributed by atoms with E-state index in [0.29, 0.717) is 9.04 Å². The molecule has 2 heterocycles. The molecule has 2 aromatic rings. The molecule has 10 heteroatoms. The molecule has 1 saturated heterocycles. The molecule has 2 amide bonds. The number of benzene rings is 1. The molecule has 0 radical (unpaired) electrons. The topological polar surface area (TPSA) is 73.1 Å². The van der Waals surface area contributed by atoms with Gasteiger partial charge < -0.3 is 0 Å². The maximum Gasteiger partial charge on any atom is 0.406 e. The van der Waals surface area contributed by atoms with Crippen LogP contribution in [0.4, 0.5) is 13.2 Å². The van der Waals surface area contributed by atoms with Gasteiger partial charge in [0.25, 0.3) is 0 Å². The Morgan fingerprint density at radius 2 is 1.92 bits per heavy atom. The lowest BCUT2D eigenvalue weighted by molar-refractivity contribution is -0.140. The highest BCUT2D eigenvalue weighted by atomic mass is 79.9. The molecular weight excluding hydrogens is 395 g/mol. The number of rotatable bonds is 2. The van der Waals surface area contributed by atoms with Crippen LogP contribution in [0, 0.1) is 0 Å². The van der Waals surface area contributed by atoms with Gasteiger partial charge in [-0.05, 0) is 24.6 Å². The quantitative estimate of drug-likeness (QED) is 0.777. The van der Waals surface area contributed by atoms with Gasteiger partial charge in [-0.1, -0.05) is 15.9 Å². The maximum atomic E-state index is 12.8. The molecule has 1 unspecified atom stereocenters. The molecule has 1 aromatic carbocycles. The highest BCUT2D eigenvalue weighted by Crippen LogP contribution is 2.27. The van der Waals surface area contributed by atoms with E-state index < -0.39 is 36.3 Å². The predicted octanol–water partition coefficient (Wildman–Crippen LogP) is 2.11. The molecule has 0 bridgehead atoms. The lowest BCUT2D eigenvalue weighted by Gasteiger charge is -2.21. The molecule has 1 fully saturated rings. The number of imide groups is 1. The zero-order chi connectivity index (χ0) is 17.6. The van der Waals surface area contributed by atoms with Crippen LogP contribution in [0.2, 0.25) is 0 Å². The second-order valence-corrected chi connectivity index (χ2v) is 6.37. The van der Waals surface area contributed by atoms with Gasteiger partial charge in [0.15, 0.2) is 0 Å². The summed E-state index contributed by atoms with van der Waals surface area (Å²) in [5, 5.41) is 2.11. The highest BCUT2D eigenvalue weighted by Gasteiger charge is 2.35. The van der Waals surface area contributed by atoms with Crippen molar-refractivity contribution in [3.63, 3.8) is 0 Å². The van der Waals surface area contributed by atoms with Crippen LogP contribution in [0.15, 0.2) is 27.5 Å². The van der Waals surface area contributed by atoms with Crippen molar-refractivity contribution in [2.24, 2.45) is 0 Å². The molecule has 1 aliphatic heterocycles. The van der Waals surface area contributed by atoms with E-state index in [0.717, 1.165) is 4.57 Å². The van der Waals surface area contributed by atoms with Crippen LogP contribution in [0.1, 0.15) is 18.9 Å². The SMILES string of the molecule is O=C1CCC(n2c(=O)n(CC(F)(F)F)c3cc(Br)ccc32)C(=O)N1. The number of carbonyl (C=O) groups is 2. The molecule has 6 nitrogen and oxygen atoms in total. The summed E-state index contributed by atoms with van der Waals surface area (Å²) in [4.78, 5) is 35.8. The van der Waals surface area contributed by atoms with E-state index in [4.69, 9.17) is 0 Å². The average molecular weight is 406 g/mol. The van der Waals surface area contributed by atoms with Gasteiger partial charge in [-0.25, -0.2) is 4.79 Å². The Kier molecular flexibility index (Phi) is 4.02. The van der Waals surface area contributed by atoms with Gasteiger partial charge in [0.2, 0.25) is 11.8 Å². The fourth-order valence-corrected chi connectivity index (χ4v) is 3.16. The van der Waals surface area contributed by atoms with Gasteiger partial charge in [-0.3, -0.25) is 24.0 Å². The lowest BCUT2D eigenvalue weighted by atomic mass is 10.1. The Morgan fingerprint density at radius 1 is 1.21 bits per heavy atom. The summed E-state index contributed by atoms with van der Waals surface area (Å²) in [6, 6.07) is 3.41. The largest absolute Gasteiger partial charge is 0.406 e. The Morgan fingerprint density at radius 3 is 2.54 bits per heavy atom. The maximum absolute atomic E-state index is 12.8. The molecule has 128 valence electrons. The third-order valence-electron chi connectivity index (χ3n) is 3.78. The van der Waals surface area contributed by atoms with Crippen molar-refractivity contribution in [3.05, 3.63) is 33.2 Å². The van der Waals surface area contributed by atoms with Gasteiger partial charge in [0.05, 0.1) is 11.0 Å². The van der Waals surface area contributed by atoms with Crippen LogP contribution < -0.4 is 11.0 Å². The number of nitrogens with one attached hydrogen (secondary N) is 1. The predicted molar refractivity (Wildman–Crippen MR) is 81.4 cm³/mol. The number of halogens is 4. The molecule has 0 spiro atoms. The zero-order valence-electron chi connectivity index (χ0n) is 12.1. The smallest absolute Gasteiger partial charge is 0.295 e. The van der Waals surface area contributed by atoms with Gasteiger partial charge in [-0.15, -0.1) is 0 Å². The summed E-state index contributed by atoms with van der Waals surface area (Å²) in [5.74, 6) is -1.16. The van der Waals surface area contributed by atoms with Crippen molar-refractivity contribution in [2.45, 2.75) is 31.6 Å². The second-order valence-electron chi connectivity index (χ2n) is 5.45. The van der Waals surface area contributed by atoms with Crippen molar-refractivity contribution in [2.75, 3.05) is 0 Å². The third-order valence-corrected chi connectivity index (χ3v) is 4.28. The molecule has 0 saturated carbocycles. The Hall–Kier alpha value is -2.10. The number of alkyl halides is 3. The molecular formula is C14H11BrF3N3O3. The van der Waals surface area contributed by atoms with Crippen LogP contribution >= 0.6 is 15.9 Å². The van der Waals surface area contributed by atoms with Crippen LogP contribution in [0.25, 0.3) is 11.0 Å². The number of nitrogens with zero attached hydrogens (tertiary/aromatic N) is 2. The minimum atomic E-state index is -4.59. The Balaban J connectivity index is 2.21. The van der Waals surface area contributed by atoms with Crippen molar-refractivity contribution >= 4 is 38.8 Å². The number of amides is 2. The van der Waals surface area contributed by atoms with E-state index in [-0.39, 0.29) is 23.9 Å². The summed E-state index contributed by atoms with van der Waals surface area (Å²) >= 11 is 3.17.